The lowest BCUT2D eigenvalue weighted by Crippen LogP contribution is -2.41. The lowest BCUT2D eigenvalue weighted by Gasteiger charge is -2.26. The van der Waals surface area contributed by atoms with Gasteiger partial charge in [0.2, 0.25) is 0 Å². The number of methoxy groups -OCH3 is 2. The Kier molecular flexibility index (Phi) is 7.64. The molecule has 7 nitrogen and oxygen atoms in total. The summed E-state index contributed by atoms with van der Waals surface area (Å²) < 4.78 is 16.2. The van der Waals surface area contributed by atoms with E-state index in [-0.39, 0.29) is 24.5 Å². The zero-order valence-corrected chi connectivity index (χ0v) is 18.4. The maximum Gasteiger partial charge on any atom is 0.277 e. The fourth-order valence-electron chi connectivity index (χ4n) is 3.91. The molecular formula is C23H32N2O5. The summed E-state index contributed by atoms with van der Waals surface area (Å²) in [7, 11) is 3.25. The summed E-state index contributed by atoms with van der Waals surface area (Å²) in [5.74, 6) is -0.524. The highest BCUT2D eigenvalue weighted by Gasteiger charge is 2.42. The monoisotopic (exact) mass is 416 g/mol. The Hall–Kier alpha value is -2.22. The highest BCUT2D eigenvalue weighted by Crippen LogP contribution is 2.33. The summed E-state index contributed by atoms with van der Waals surface area (Å²) in [5, 5.41) is 0. The van der Waals surface area contributed by atoms with Crippen molar-refractivity contribution in [2.45, 2.75) is 32.8 Å². The minimum Gasteiger partial charge on any atom is -0.383 e. The quantitative estimate of drug-likeness (QED) is 0.545. The Balaban J connectivity index is 2.02. The SMILES string of the molecule is COCCN(CCOC)C1=C(c2ccc(C)c(C)c2)C(=O)N(CC2CCCO2)C1=O. The smallest absolute Gasteiger partial charge is 0.277 e. The molecule has 1 unspecified atom stereocenters. The van der Waals surface area contributed by atoms with E-state index in [0.717, 1.165) is 29.5 Å². The van der Waals surface area contributed by atoms with E-state index in [4.69, 9.17) is 14.2 Å². The Bertz CT molecular complexity index is 806. The summed E-state index contributed by atoms with van der Waals surface area (Å²) in [5.41, 5.74) is 3.87. The van der Waals surface area contributed by atoms with Gasteiger partial charge >= 0.3 is 0 Å². The van der Waals surface area contributed by atoms with Crippen molar-refractivity contribution in [3.63, 3.8) is 0 Å². The summed E-state index contributed by atoms with van der Waals surface area (Å²) in [6, 6.07) is 5.89. The molecule has 7 heteroatoms. The molecule has 164 valence electrons. The van der Waals surface area contributed by atoms with Gasteiger partial charge in [0.15, 0.2) is 0 Å². The predicted molar refractivity (Wildman–Crippen MR) is 114 cm³/mol. The van der Waals surface area contributed by atoms with E-state index in [9.17, 15) is 9.59 Å². The van der Waals surface area contributed by atoms with Crippen LogP contribution >= 0.6 is 0 Å². The minimum absolute atomic E-state index is 0.0929. The Morgan fingerprint density at radius 2 is 1.77 bits per heavy atom. The van der Waals surface area contributed by atoms with Gasteiger partial charge in [0.1, 0.15) is 5.70 Å². The molecule has 2 amide bonds. The van der Waals surface area contributed by atoms with Crippen LogP contribution in [0, 0.1) is 13.8 Å². The molecule has 3 rings (SSSR count). The van der Waals surface area contributed by atoms with Gasteiger partial charge in [0.25, 0.3) is 11.8 Å². The standard InChI is InChI=1S/C23H32N2O5/c1-16-7-8-18(14-17(16)2)20-21(24(9-12-28-3)10-13-29-4)23(27)25(22(20)26)15-19-6-5-11-30-19/h7-8,14,19H,5-6,9-13,15H2,1-4H3. The highest BCUT2D eigenvalue weighted by atomic mass is 16.5. The third-order valence-corrected chi connectivity index (χ3v) is 5.80. The summed E-state index contributed by atoms with van der Waals surface area (Å²) in [4.78, 5) is 30.2. The van der Waals surface area contributed by atoms with Crippen molar-refractivity contribution < 1.29 is 23.8 Å². The van der Waals surface area contributed by atoms with Crippen LogP contribution in [-0.2, 0) is 23.8 Å². The number of ether oxygens (including phenoxy) is 3. The number of hydrogen-bond acceptors (Lipinski definition) is 6. The van der Waals surface area contributed by atoms with Gasteiger partial charge in [-0.05, 0) is 43.4 Å². The molecule has 1 atom stereocenters. The lowest BCUT2D eigenvalue weighted by atomic mass is 9.99. The predicted octanol–water partition coefficient (Wildman–Crippen LogP) is 2.16. The normalized spacial score (nSPS) is 19.3. The minimum atomic E-state index is -0.268. The molecule has 1 aromatic rings. The van der Waals surface area contributed by atoms with Gasteiger partial charge in [0, 0.05) is 33.9 Å². The fourth-order valence-corrected chi connectivity index (χ4v) is 3.91. The number of aryl methyl sites for hydroxylation is 2. The number of nitrogens with zero attached hydrogens (tertiary/aromatic N) is 2. The number of imide groups is 1. The summed E-state index contributed by atoms with van der Waals surface area (Å²) in [6.45, 7) is 6.89. The van der Waals surface area contributed by atoms with Gasteiger partial charge < -0.3 is 19.1 Å². The van der Waals surface area contributed by atoms with E-state index >= 15 is 0 Å². The molecule has 2 aliphatic rings. The van der Waals surface area contributed by atoms with E-state index in [1.807, 2.05) is 36.9 Å². The van der Waals surface area contributed by atoms with Crippen molar-refractivity contribution in [1.29, 1.82) is 0 Å². The first-order valence-electron chi connectivity index (χ1n) is 10.5. The molecule has 1 aromatic carbocycles. The van der Waals surface area contributed by atoms with Crippen LogP contribution in [0.25, 0.3) is 5.57 Å². The second-order valence-electron chi connectivity index (χ2n) is 7.85. The van der Waals surface area contributed by atoms with Crippen molar-refractivity contribution >= 4 is 17.4 Å². The molecule has 2 aliphatic heterocycles. The van der Waals surface area contributed by atoms with Crippen LogP contribution in [0.1, 0.15) is 29.5 Å². The van der Waals surface area contributed by atoms with Crippen LogP contribution in [0.3, 0.4) is 0 Å². The molecule has 1 saturated heterocycles. The molecule has 0 aromatic heterocycles. The van der Waals surface area contributed by atoms with Crippen LogP contribution in [0.4, 0.5) is 0 Å². The first-order valence-corrected chi connectivity index (χ1v) is 10.5. The van der Waals surface area contributed by atoms with E-state index in [1.165, 1.54) is 4.90 Å². The van der Waals surface area contributed by atoms with Crippen molar-refractivity contribution in [3.8, 4) is 0 Å². The Labute approximate surface area is 178 Å². The van der Waals surface area contributed by atoms with Gasteiger partial charge in [-0.3, -0.25) is 14.5 Å². The fraction of sp³-hybridized carbons (Fsp3) is 0.565. The van der Waals surface area contributed by atoms with Crippen LogP contribution in [0.5, 0.6) is 0 Å². The third kappa shape index (κ3) is 4.74. The molecule has 0 bridgehead atoms. The average Bonchev–Trinajstić information content (AvgIpc) is 3.33. The Morgan fingerprint density at radius 3 is 2.33 bits per heavy atom. The molecule has 0 spiro atoms. The second-order valence-corrected chi connectivity index (χ2v) is 7.85. The number of carbonyl (C=O) groups excluding carboxylic acids is 2. The van der Waals surface area contributed by atoms with Gasteiger partial charge in [0.05, 0.1) is 31.4 Å². The lowest BCUT2D eigenvalue weighted by molar-refractivity contribution is -0.139. The summed E-state index contributed by atoms with van der Waals surface area (Å²) in [6.07, 6.45) is 1.73. The van der Waals surface area contributed by atoms with Crippen LogP contribution in [-0.4, -0.2) is 81.4 Å². The highest BCUT2D eigenvalue weighted by molar-refractivity contribution is 6.35. The largest absolute Gasteiger partial charge is 0.383 e. The maximum absolute atomic E-state index is 13.5. The average molecular weight is 417 g/mol. The first-order chi connectivity index (χ1) is 14.5. The van der Waals surface area contributed by atoms with Crippen LogP contribution in [0.15, 0.2) is 23.9 Å². The molecule has 0 radical (unpaired) electrons. The second kappa shape index (κ2) is 10.2. The molecule has 1 fully saturated rings. The van der Waals surface area contributed by atoms with Crippen molar-refractivity contribution in [2.75, 3.05) is 53.7 Å². The topological polar surface area (TPSA) is 68.3 Å². The third-order valence-electron chi connectivity index (χ3n) is 5.80. The molecule has 0 saturated carbocycles. The molecule has 2 heterocycles. The number of amides is 2. The van der Waals surface area contributed by atoms with E-state index in [2.05, 4.69) is 0 Å². The molecule has 30 heavy (non-hydrogen) atoms. The van der Waals surface area contributed by atoms with E-state index in [1.54, 1.807) is 14.2 Å². The van der Waals surface area contributed by atoms with Crippen LogP contribution < -0.4 is 0 Å². The molecule has 0 N–H and O–H groups in total. The van der Waals surface area contributed by atoms with Crippen LogP contribution in [0.2, 0.25) is 0 Å². The van der Waals surface area contributed by atoms with Gasteiger partial charge in [-0.2, -0.15) is 0 Å². The molecule has 0 aliphatic carbocycles. The number of hydrogen-bond donors (Lipinski definition) is 0. The molecular weight excluding hydrogens is 384 g/mol. The van der Waals surface area contributed by atoms with Crippen molar-refractivity contribution in [3.05, 3.63) is 40.6 Å². The first kappa shape index (κ1) is 22.5. The van der Waals surface area contributed by atoms with Gasteiger partial charge in [-0.15, -0.1) is 0 Å². The zero-order chi connectivity index (χ0) is 21.7. The van der Waals surface area contributed by atoms with E-state index in [0.29, 0.717) is 44.2 Å². The van der Waals surface area contributed by atoms with E-state index < -0.39 is 0 Å². The number of benzene rings is 1. The Morgan fingerprint density at radius 1 is 1.07 bits per heavy atom. The number of carbonyl (C=O) groups is 2. The van der Waals surface area contributed by atoms with Gasteiger partial charge in [-0.25, -0.2) is 0 Å². The van der Waals surface area contributed by atoms with Crippen molar-refractivity contribution in [2.24, 2.45) is 0 Å². The van der Waals surface area contributed by atoms with Crippen molar-refractivity contribution in [1.82, 2.24) is 9.80 Å². The maximum atomic E-state index is 13.5. The zero-order valence-electron chi connectivity index (χ0n) is 18.4. The number of rotatable bonds is 10. The van der Waals surface area contributed by atoms with Gasteiger partial charge in [-0.1, -0.05) is 18.2 Å². The summed E-state index contributed by atoms with van der Waals surface area (Å²) >= 11 is 0.